The van der Waals surface area contributed by atoms with Crippen molar-refractivity contribution in [3.05, 3.63) is 0 Å². The van der Waals surface area contributed by atoms with Gasteiger partial charge in [-0.1, -0.05) is 59.3 Å². The van der Waals surface area contributed by atoms with E-state index in [-0.39, 0.29) is 0 Å². The van der Waals surface area contributed by atoms with Crippen LogP contribution in [0.2, 0.25) is 0 Å². The van der Waals surface area contributed by atoms with E-state index in [0.29, 0.717) is 12.0 Å². The molecule has 0 unspecified atom stereocenters. The van der Waals surface area contributed by atoms with Crippen LogP contribution in [0, 0.1) is 5.92 Å². The van der Waals surface area contributed by atoms with Crippen molar-refractivity contribution in [3.8, 4) is 0 Å². The maximum atomic E-state index is 5.62. The van der Waals surface area contributed by atoms with E-state index < -0.39 is 0 Å². The van der Waals surface area contributed by atoms with E-state index in [4.69, 9.17) is 4.74 Å². The molecule has 1 aliphatic heterocycles. The number of aliphatic imine (C=N–C) groups is 1. The Balaban J connectivity index is 1.98. The summed E-state index contributed by atoms with van der Waals surface area (Å²) in [4.78, 5) is 4.63. The topological polar surface area (TPSA) is 21.6 Å². The van der Waals surface area contributed by atoms with Crippen LogP contribution in [0.5, 0.6) is 0 Å². The number of unbranched alkanes of at least 4 members (excludes halogenated alkanes) is 6. The Morgan fingerprint density at radius 3 is 2.35 bits per heavy atom. The van der Waals surface area contributed by atoms with Gasteiger partial charge in [-0.25, -0.2) is 4.99 Å². The van der Waals surface area contributed by atoms with Gasteiger partial charge in [0.05, 0.1) is 6.04 Å². The van der Waals surface area contributed by atoms with Gasteiger partial charge in [-0.3, -0.25) is 0 Å². The van der Waals surface area contributed by atoms with E-state index in [9.17, 15) is 0 Å². The van der Waals surface area contributed by atoms with Gasteiger partial charge in [-0.15, -0.1) is 0 Å². The summed E-state index contributed by atoms with van der Waals surface area (Å²) >= 11 is 0. The molecule has 0 aromatic carbocycles. The van der Waals surface area contributed by atoms with E-state index in [1.54, 1.807) is 0 Å². The van der Waals surface area contributed by atoms with Gasteiger partial charge in [-0.2, -0.15) is 0 Å². The zero-order valence-electron chi connectivity index (χ0n) is 11.9. The van der Waals surface area contributed by atoms with Crippen LogP contribution in [-0.2, 0) is 4.74 Å². The van der Waals surface area contributed by atoms with Crippen LogP contribution < -0.4 is 0 Å². The van der Waals surface area contributed by atoms with Gasteiger partial charge in [-0.05, 0) is 12.3 Å². The quantitative estimate of drug-likeness (QED) is 0.540. The number of ether oxygens (including phenoxy) is 1. The standard InChI is InChI=1S/C15H29NO/c1-4-5-6-7-8-9-10-11-15-16-14(12-17-15)13(2)3/h13-14H,4-12H2,1-3H3/t14-/m0/s1. The zero-order chi connectivity index (χ0) is 12.5. The molecule has 0 aromatic heterocycles. The maximum Gasteiger partial charge on any atom is 0.183 e. The smallest absolute Gasteiger partial charge is 0.183 e. The highest BCUT2D eigenvalue weighted by Crippen LogP contribution is 2.17. The Labute approximate surface area is 107 Å². The first-order valence-electron chi connectivity index (χ1n) is 7.43. The highest BCUT2D eigenvalue weighted by Gasteiger charge is 2.20. The van der Waals surface area contributed by atoms with Gasteiger partial charge in [0.2, 0.25) is 0 Å². The summed E-state index contributed by atoms with van der Waals surface area (Å²) in [6.07, 6.45) is 10.5. The lowest BCUT2D eigenvalue weighted by Crippen LogP contribution is -2.13. The summed E-state index contributed by atoms with van der Waals surface area (Å²) in [6, 6.07) is 0.412. The van der Waals surface area contributed by atoms with Crippen molar-refractivity contribution >= 4 is 5.90 Å². The van der Waals surface area contributed by atoms with Gasteiger partial charge in [0.1, 0.15) is 6.61 Å². The molecule has 2 heteroatoms. The van der Waals surface area contributed by atoms with Crippen LogP contribution in [0.15, 0.2) is 4.99 Å². The Hall–Kier alpha value is -0.530. The lowest BCUT2D eigenvalue weighted by atomic mass is 10.1. The molecule has 2 nitrogen and oxygen atoms in total. The molecule has 1 aliphatic rings. The van der Waals surface area contributed by atoms with Gasteiger partial charge in [0.15, 0.2) is 5.90 Å². The monoisotopic (exact) mass is 239 g/mol. The molecular formula is C15H29NO. The second-order valence-corrected chi connectivity index (χ2v) is 5.52. The van der Waals surface area contributed by atoms with Gasteiger partial charge in [0, 0.05) is 6.42 Å². The molecule has 17 heavy (non-hydrogen) atoms. The van der Waals surface area contributed by atoms with E-state index in [1.165, 1.54) is 44.9 Å². The van der Waals surface area contributed by atoms with Crippen molar-refractivity contribution in [2.45, 2.75) is 78.2 Å². The fourth-order valence-corrected chi connectivity index (χ4v) is 2.15. The molecule has 0 spiro atoms. The molecule has 0 bridgehead atoms. The minimum Gasteiger partial charge on any atom is -0.479 e. The Kier molecular flexibility index (Phi) is 7.30. The normalized spacial score (nSPS) is 19.5. The molecular weight excluding hydrogens is 210 g/mol. The van der Waals surface area contributed by atoms with Gasteiger partial charge < -0.3 is 4.74 Å². The van der Waals surface area contributed by atoms with E-state index >= 15 is 0 Å². The highest BCUT2D eigenvalue weighted by molar-refractivity contribution is 5.77. The van der Waals surface area contributed by atoms with Crippen molar-refractivity contribution in [3.63, 3.8) is 0 Å². The predicted molar refractivity (Wildman–Crippen MR) is 74.6 cm³/mol. The summed E-state index contributed by atoms with van der Waals surface area (Å²) in [7, 11) is 0. The molecule has 0 N–H and O–H groups in total. The number of nitrogens with zero attached hydrogens (tertiary/aromatic N) is 1. The predicted octanol–water partition coefficient (Wildman–Crippen LogP) is 4.58. The van der Waals surface area contributed by atoms with Gasteiger partial charge in [0.25, 0.3) is 0 Å². The summed E-state index contributed by atoms with van der Waals surface area (Å²) < 4.78 is 5.62. The lowest BCUT2D eigenvalue weighted by Gasteiger charge is -2.06. The fraction of sp³-hybridized carbons (Fsp3) is 0.933. The minimum absolute atomic E-state index is 0.412. The molecule has 0 saturated carbocycles. The van der Waals surface area contributed by atoms with Crippen LogP contribution in [0.3, 0.4) is 0 Å². The largest absolute Gasteiger partial charge is 0.479 e. The molecule has 0 aromatic rings. The number of hydrogen-bond donors (Lipinski definition) is 0. The van der Waals surface area contributed by atoms with Crippen molar-refractivity contribution < 1.29 is 4.74 Å². The second-order valence-electron chi connectivity index (χ2n) is 5.52. The zero-order valence-corrected chi connectivity index (χ0v) is 11.9. The maximum absolute atomic E-state index is 5.62. The third-order valence-electron chi connectivity index (χ3n) is 3.49. The molecule has 0 aliphatic carbocycles. The molecule has 1 heterocycles. The highest BCUT2D eigenvalue weighted by atomic mass is 16.5. The van der Waals surface area contributed by atoms with Gasteiger partial charge >= 0.3 is 0 Å². The summed E-state index contributed by atoms with van der Waals surface area (Å²) in [5.74, 6) is 1.62. The minimum atomic E-state index is 0.412. The summed E-state index contributed by atoms with van der Waals surface area (Å²) in [5, 5.41) is 0. The molecule has 0 amide bonds. The molecule has 0 saturated heterocycles. The Morgan fingerprint density at radius 2 is 1.76 bits per heavy atom. The van der Waals surface area contributed by atoms with E-state index in [1.807, 2.05) is 0 Å². The van der Waals surface area contributed by atoms with Crippen LogP contribution >= 0.6 is 0 Å². The number of rotatable bonds is 9. The van der Waals surface area contributed by atoms with Crippen molar-refractivity contribution in [1.82, 2.24) is 0 Å². The molecule has 100 valence electrons. The van der Waals surface area contributed by atoms with Crippen molar-refractivity contribution in [2.24, 2.45) is 10.9 Å². The second kappa shape index (κ2) is 8.54. The van der Waals surface area contributed by atoms with Crippen molar-refractivity contribution in [1.29, 1.82) is 0 Å². The van der Waals surface area contributed by atoms with Crippen molar-refractivity contribution in [2.75, 3.05) is 6.61 Å². The third-order valence-corrected chi connectivity index (χ3v) is 3.49. The third kappa shape index (κ3) is 6.09. The summed E-state index contributed by atoms with van der Waals surface area (Å²) in [5.41, 5.74) is 0. The molecule has 1 rings (SSSR count). The first-order chi connectivity index (χ1) is 8.24. The Bertz CT molecular complexity index is 223. The Morgan fingerprint density at radius 1 is 1.12 bits per heavy atom. The average molecular weight is 239 g/mol. The van der Waals surface area contributed by atoms with Crippen LogP contribution in [0.4, 0.5) is 0 Å². The van der Waals surface area contributed by atoms with Crippen LogP contribution in [0.1, 0.15) is 72.1 Å². The van der Waals surface area contributed by atoms with Crippen LogP contribution in [0.25, 0.3) is 0 Å². The molecule has 1 atom stereocenters. The van der Waals surface area contributed by atoms with Crippen LogP contribution in [-0.4, -0.2) is 18.5 Å². The summed E-state index contributed by atoms with van der Waals surface area (Å²) in [6.45, 7) is 7.51. The van der Waals surface area contributed by atoms with E-state index in [0.717, 1.165) is 18.9 Å². The lowest BCUT2D eigenvalue weighted by molar-refractivity contribution is 0.285. The SMILES string of the molecule is CCCCCCCCCC1=N[C@H](C(C)C)CO1. The molecule has 0 fully saturated rings. The average Bonchev–Trinajstić information content (AvgIpc) is 2.77. The van der Waals surface area contributed by atoms with E-state index in [2.05, 4.69) is 25.8 Å². The first-order valence-corrected chi connectivity index (χ1v) is 7.43. The first kappa shape index (κ1) is 14.5. The number of hydrogen-bond acceptors (Lipinski definition) is 2. The fourth-order valence-electron chi connectivity index (χ4n) is 2.15. The molecule has 0 radical (unpaired) electrons.